The number of carbonyl (C=O) groups is 1. The molecule has 0 saturated heterocycles. The van der Waals surface area contributed by atoms with Crippen molar-refractivity contribution in [1.29, 1.82) is 0 Å². The summed E-state index contributed by atoms with van der Waals surface area (Å²) in [5.74, 6) is 0.812. The van der Waals surface area contributed by atoms with Crippen molar-refractivity contribution in [3.8, 4) is 11.5 Å². The van der Waals surface area contributed by atoms with Crippen LogP contribution in [0.4, 0.5) is 0 Å². The topological polar surface area (TPSA) is 50.8 Å². The predicted molar refractivity (Wildman–Crippen MR) is 90.7 cm³/mol. The molecule has 0 saturated carbocycles. The molecule has 1 amide bonds. The third kappa shape index (κ3) is 3.44. The zero-order valence-corrected chi connectivity index (χ0v) is 14.4. The molecule has 1 N–H and O–H groups in total. The molecule has 0 fully saturated rings. The lowest BCUT2D eigenvalue weighted by atomic mass is 10.1. The van der Waals surface area contributed by atoms with E-state index in [0.717, 1.165) is 0 Å². The highest BCUT2D eigenvalue weighted by Gasteiger charge is 2.22. The Balaban J connectivity index is 1.71. The predicted octanol–water partition coefficient (Wildman–Crippen LogP) is 3.16. The van der Waals surface area contributed by atoms with Crippen molar-refractivity contribution in [3.63, 3.8) is 0 Å². The molecule has 23 heavy (non-hydrogen) atoms. The molecule has 122 valence electrons. The molecule has 0 bridgehead atoms. The van der Waals surface area contributed by atoms with E-state index in [-0.39, 0.29) is 18.7 Å². The number of hydrogen-bond donors (Lipinski definition) is 1. The average Bonchev–Trinajstić information content (AvgIpc) is 3.17. The maximum atomic E-state index is 12.4. The summed E-state index contributed by atoms with van der Waals surface area (Å²) in [7, 11) is 3.99. The van der Waals surface area contributed by atoms with Gasteiger partial charge in [-0.2, -0.15) is 0 Å². The Morgan fingerprint density at radius 1 is 1.43 bits per heavy atom. The summed E-state index contributed by atoms with van der Waals surface area (Å²) >= 11 is 7.80. The van der Waals surface area contributed by atoms with Crippen molar-refractivity contribution >= 4 is 28.8 Å². The van der Waals surface area contributed by atoms with Crippen LogP contribution >= 0.6 is 22.9 Å². The summed E-state index contributed by atoms with van der Waals surface area (Å²) in [5, 5.41) is 5.37. The van der Waals surface area contributed by atoms with Crippen LogP contribution in [0.5, 0.6) is 11.5 Å². The standard InChI is InChI=1S/C16H17ClN2O3S/c1-19(2)12(14-4-3-5-23-14)8-18-16(20)10-6-11(17)15-13(7-10)21-9-22-15/h3-7,12H,8-9H2,1-2H3,(H,18,20). The van der Waals surface area contributed by atoms with Crippen LogP contribution in [0.3, 0.4) is 0 Å². The second kappa shape index (κ2) is 6.78. The summed E-state index contributed by atoms with van der Waals surface area (Å²) in [4.78, 5) is 15.7. The molecule has 1 aliphatic rings. The molecule has 2 heterocycles. The number of amides is 1. The van der Waals surface area contributed by atoms with Crippen molar-refractivity contribution in [2.75, 3.05) is 27.4 Å². The Morgan fingerprint density at radius 2 is 2.26 bits per heavy atom. The van der Waals surface area contributed by atoms with Crippen LogP contribution in [0.25, 0.3) is 0 Å². The number of fused-ring (bicyclic) bond motifs is 1. The summed E-state index contributed by atoms with van der Waals surface area (Å²) in [6, 6.07) is 7.46. The summed E-state index contributed by atoms with van der Waals surface area (Å²) in [6.45, 7) is 0.639. The number of halogens is 1. The molecular formula is C16H17ClN2O3S. The van der Waals surface area contributed by atoms with Gasteiger partial charge in [-0.1, -0.05) is 17.7 Å². The van der Waals surface area contributed by atoms with Crippen molar-refractivity contribution in [2.24, 2.45) is 0 Å². The first-order valence-corrected chi connectivity index (χ1v) is 8.39. The minimum Gasteiger partial charge on any atom is -0.454 e. The van der Waals surface area contributed by atoms with E-state index in [0.29, 0.717) is 28.6 Å². The Labute approximate surface area is 143 Å². The summed E-state index contributed by atoms with van der Waals surface area (Å²) < 4.78 is 10.6. The number of rotatable bonds is 5. The molecule has 1 unspecified atom stereocenters. The lowest BCUT2D eigenvalue weighted by Gasteiger charge is -2.23. The van der Waals surface area contributed by atoms with Crippen LogP contribution in [-0.2, 0) is 0 Å². The molecular weight excluding hydrogens is 336 g/mol. The van der Waals surface area contributed by atoms with Crippen LogP contribution in [0.2, 0.25) is 5.02 Å². The maximum absolute atomic E-state index is 12.4. The van der Waals surface area contributed by atoms with E-state index >= 15 is 0 Å². The van der Waals surface area contributed by atoms with Crippen molar-refractivity contribution in [3.05, 3.63) is 45.1 Å². The number of thiophene rings is 1. The fourth-order valence-electron chi connectivity index (χ4n) is 2.41. The highest BCUT2D eigenvalue weighted by molar-refractivity contribution is 7.10. The fraction of sp³-hybridized carbons (Fsp3) is 0.312. The second-order valence-corrected chi connectivity index (χ2v) is 6.78. The molecule has 0 aliphatic carbocycles. The number of hydrogen-bond acceptors (Lipinski definition) is 5. The van der Waals surface area contributed by atoms with Gasteiger partial charge >= 0.3 is 0 Å². The lowest BCUT2D eigenvalue weighted by molar-refractivity contribution is 0.0942. The molecule has 1 aromatic carbocycles. The number of benzene rings is 1. The highest BCUT2D eigenvalue weighted by atomic mass is 35.5. The molecule has 3 rings (SSSR count). The number of likely N-dealkylation sites (N-methyl/N-ethyl adjacent to an activating group) is 1. The van der Waals surface area contributed by atoms with E-state index in [9.17, 15) is 4.79 Å². The molecule has 7 heteroatoms. The molecule has 0 spiro atoms. The molecule has 1 aromatic heterocycles. The van der Waals surface area contributed by atoms with Crippen LogP contribution in [0.15, 0.2) is 29.6 Å². The molecule has 1 aliphatic heterocycles. The minimum atomic E-state index is -0.186. The molecule has 5 nitrogen and oxygen atoms in total. The largest absolute Gasteiger partial charge is 0.454 e. The molecule has 0 radical (unpaired) electrons. The van der Waals surface area contributed by atoms with Crippen LogP contribution in [0, 0.1) is 0 Å². The van der Waals surface area contributed by atoms with Crippen molar-refractivity contribution in [2.45, 2.75) is 6.04 Å². The minimum absolute atomic E-state index is 0.126. The van der Waals surface area contributed by atoms with Gasteiger partial charge in [0, 0.05) is 17.0 Å². The van der Waals surface area contributed by atoms with E-state index in [1.54, 1.807) is 23.5 Å². The van der Waals surface area contributed by atoms with Gasteiger partial charge in [-0.25, -0.2) is 0 Å². The summed E-state index contributed by atoms with van der Waals surface area (Å²) in [6.07, 6.45) is 0. The van der Waals surface area contributed by atoms with Gasteiger partial charge in [0.05, 0.1) is 11.1 Å². The van der Waals surface area contributed by atoms with E-state index in [1.807, 2.05) is 25.5 Å². The molecule has 2 aromatic rings. The Morgan fingerprint density at radius 3 is 2.96 bits per heavy atom. The molecule has 1 atom stereocenters. The quantitative estimate of drug-likeness (QED) is 0.898. The normalized spacial score (nSPS) is 14.1. The highest BCUT2D eigenvalue weighted by Crippen LogP contribution is 2.39. The van der Waals surface area contributed by atoms with Gasteiger partial charge < -0.3 is 19.7 Å². The Hall–Kier alpha value is -1.76. The Bertz CT molecular complexity index is 704. The zero-order valence-electron chi connectivity index (χ0n) is 12.8. The van der Waals surface area contributed by atoms with Gasteiger partial charge in [-0.15, -0.1) is 11.3 Å². The van der Waals surface area contributed by atoms with Gasteiger partial charge in [0.25, 0.3) is 5.91 Å². The lowest BCUT2D eigenvalue weighted by Crippen LogP contribution is -2.34. The van der Waals surface area contributed by atoms with Crippen LogP contribution in [-0.4, -0.2) is 38.2 Å². The number of ether oxygens (including phenoxy) is 2. The first kappa shape index (κ1) is 16.1. The van der Waals surface area contributed by atoms with E-state index < -0.39 is 0 Å². The van der Waals surface area contributed by atoms with Gasteiger partial charge in [0.1, 0.15) is 0 Å². The smallest absolute Gasteiger partial charge is 0.251 e. The van der Waals surface area contributed by atoms with Crippen molar-refractivity contribution in [1.82, 2.24) is 10.2 Å². The average molecular weight is 353 g/mol. The zero-order chi connectivity index (χ0) is 16.4. The third-order valence-electron chi connectivity index (χ3n) is 3.64. The van der Waals surface area contributed by atoms with Crippen LogP contribution in [0.1, 0.15) is 21.3 Å². The van der Waals surface area contributed by atoms with E-state index in [4.69, 9.17) is 21.1 Å². The number of nitrogens with one attached hydrogen (secondary N) is 1. The van der Waals surface area contributed by atoms with Gasteiger partial charge in [-0.05, 0) is 37.7 Å². The first-order valence-electron chi connectivity index (χ1n) is 7.13. The first-order chi connectivity index (χ1) is 11.1. The van der Waals surface area contributed by atoms with Gasteiger partial charge in [0.2, 0.25) is 6.79 Å². The van der Waals surface area contributed by atoms with Crippen molar-refractivity contribution < 1.29 is 14.3 Å². The SMILES string of the molecule is CN(C)C(CNC(=O)c1cc(Cl)c2c(c1)OCO2)c1cccs1. The number of carbonyl (C=O) groups excluding carboxylic acids is 1. The second-order valence-electron chi connectivity index (χ2n) is 5.40. The monoisotopic (exact) mass is 352 g/mol. The third-order valence-corrected chi connectivity index (χ3v) is 4.89. The van der Waals surface area contributed by atoms with Gasteiger partial charge in [0.15, 0.2) is 11.5 Å². The maximum Gasteiger partial charge on any atom is 0.251 e. The van der Waals surface area contributed by atoms with E-state index in [2.05, 4.69) is 16.3 Å². The van der Waals surface area contributed by atoms with Gasteiger partial charge in [-0.3, -0.25) is 4.79 Å². The summed E-state index contributed by atoms with van der Waals surface area (Å²) in [5.41, 5.74) is 0.461. The van der Waals surface area contributed by atoms with Crippen LogP contribution < -0.4 is 14.8 Å². The van der Waals surface area contributed by atoms with E-state index in [1.165, 1.54) is 4.88 Å². The fourth-order valence-corrected chi connectivity index (χ4v) is 3.60. The number of nitrogens with zero attached hydrogens (tertiary/aromatic N) is 1. The Kier molecular flexibility index (Phi) is 4.75.